The number of hydrogen-bond acceptors (Lipinski definition) is 6. The summed E-state index contributed by atoms with van der Waals surface area (Å²) < 4.78 is 16.3. The van der Waals surface area contributed by atoms with E-state index in [1.54, 1.807) is 12.1 Å². The van der Waals surface area contributed by atoms with E-state index in [0.29, 0.717) is 33.1 Å². The summed E-state index contributed by atoms with van der Waals surface area (Å²) in [5, 5.41) is 14.8. The molecular formula is C16H17N3O5. The lowest BCUT2D eigenvalue weighted by Gasteiger charge is -2.12. The highest BCUT2D eigenvalue weighted by Crippen LogP contribution is 2.37. The molecule has 0 aliphatic carbocycles. The van der Waals surface area contributed by atoms with Crippen LogP contribution in [-0.2, 0) is 0 Å². The molecule has 8 nitrogen and oxygen atoms in total. The molecule has 126 valence electrons. The Morgan fingerprint density at radius 2 is 1.71 bits per heavy atom. The molecule has 0 bridgehead atoms. The van der Waals surface area contributed by atoms with Crippen LogP contribution >= 0.6 is 0 Å². The Bertz CT molecular complexity index is 719. The van der Waals surface area contributed by atoms with Crippen molar-refractivity contribution in [1.82, 2.24) is 5.43 Å². The zero-order chi connectivity index (χ0) is 17.5. The molecule has 0 aliphatic rings. The standard InChI is InChI=1S/C16H17N3O5/c1-22-13-8-11(9-14(23-2)15(13)24-3)10-17-18-16(20)12-4-6-19(21)7-5-12/h4-10H,1-3H3,(H,18,20)/b17-10+. The molecule has 0 unspecified atom stereocenters. The Kier molecular flexibility index (Phi) is 5.56. The quantitative estimate of drug-likeness (QED) is 0.370. The van der Waals surface area contributed by atoms with Gasteiger partial charge in [-0.3, -0.25) is 4.79 Å². The molecule has 2 aromatic rings. The lowest BCUT2D eigenvalue weighted by molar-refractivity contribution is -0.605. The number of rotatable bonds is 6. The molecular weight excluding hydrogens is 314 g/mol. The molecule has 1 aromatic carbocycles. The molecule has 0 fully saturated rings. The first-order valence-electron chi connectivity index (χ1n) is 6.91. The van der Waals surface area contributed by atoms with Crippen LogP contribution in [0.3, 0.4) is 0 Å². The van der Waals surface area contributed by atoms with E-state index in [4.69, 9.17) is 14.2 Å². The Balaban J connectivity index is 2.14. The Morgan fingerprint density at radius 3 is 2.21 bits per heavy atom. The van der Waals surface area contributed by atoms with Gasteiger partial charge in [0.15, 0.2) is 23.9 Å². The average molecular weight is 331 g/mol. The van der Waals surface area contributed by atoms with Gasteiger partial charge in [-0.05, 0) is 12.1 Å². The van der Waals surface area contributed by atoms with Crippen molar-refractivity contribution in [2.45, 2.75) is 0 Å². The molecule has 1 N–H and O–H groups in total. The first-order valence-corrected chi connectivity index (χ1v) is 6.91. The van der Waals surface area contributed by atoms with Gasteiger partial charge in [0, 0.05) is 17.7 Å². The van der Waals surface area contributed by atoms with Crippen LogP contribution in [0.1, 0.15) is 15.9 Å². The fraction of sp³-hybridized carbons (Fsp3) is 0.188. The number of pyridine rings is 1. The third kappa shape index (κ3) is 3.92. The summed E-state index contributed by atoms with van der Waals surface area (Å²) in [7, 11) is 4.54. The molecule has 0 aliphatic heterocycles. The minimum atomic E-state index is -0.431. The van der Waals surface area contributed by atoms with Crippen LogP contribution in [0.5, 0.6) is 17.2 Å². The van der Waals surface area contributed by atoms with Gasteiger partial charge in [0.05, 0.1) is 33.1 Å². The number of methoxy groups -OCH3 is 3. The highest BCUT2D eigenvalue weighted by molar-refractivity contribution is 5.94. The third-order valence-corrected chi connectivity index (χ3v) is 3.13. The van der Waals surface area contributed by atoms with E-state index in [-0.39, 0.29) is 0 Å². The van der Waals surface area contributed by atoms with Crippen LogP contribution in [0.4, 0.5) is 0 Å². The minimum absolute atomic E-state index is 0.323. The molecule has 1 heterocycles. The number of benzene rings is 1. The lowest BCUT2D eigenvalue weighted by Crippen LogP contribution is -2.26. The van der Waals surface area contributed by atoms with Crippen molar-refractivity contribution in [1.29, 1.82) is 0 Å². The molecule has 2 rings (SSSR count). The molecule has 1 amide bonds. The van der Waals surface area contributed by atoms with Gasteiger partial charge in [0.1, 0.15) is 0 Å². The van der Waals surface area contributed by atoms with Gasteiger partial charge in [-0.25, -0.2) is 5.43 Å². The van der Waals surface area contributed by atoms with Crippen molar-refractivity contribution in [3.63, 3.8) is 0 Å². The summed E-state index contributed by atoms with van der Waals surface area (Å²) in [6, 6.07) is 6.19. The summed E-state index contributed by atoms with van der Waals surface area (Å²) in [5.74, 6) is 0.996. The number of nitrogens with zero attached hydrogens (tertiary/aromatic N) is 2. The molecule has 8 heteroatoms. The highest BCUT2D eigenvalue weighted by Gasteiger charge is 2.12. The summed E-state index contributed by atoms with van der Waals surface area (Å²) in [5.41, 5.74) is 3.35. The molecule has 0 atom stereocenters. The molecule has 1 aromatic heterocycles. The van der Waals surface area contributed by atoms with Crippen LogP contribution in [0.25, 0.3) is 0 Å². The third-order valence-electron chi connectivity index (χ3n) is 3.13. The number of ether oxygens (including phenoxy) is 3. The molecule has 0 radical (unpaired) electrons. The fourth-order valence-electron chi connectivity index (χ4n) is 1.97. The van der Waals surface area contributed by atoms with Crippen molar-refractivity contribution in [2.24, 2.45) is 5.10 Å². The average Bonchev–Trinajstić information content (AvgIpc) is 2.61. The number of amides is 1. The maximum Gasteiger partial charge on any atom is 0.271 e. The number of aromatic nitrogens is 1. The second-order valence-corrected chi connectivity index (χ2v) is 4.60. The van der Waals surface area contributed by atoms with Gasteiger partial charge in [0.2, 0.25) is 5.75 Å². The van der Waals surface area contributed by atoms with E-state index in [1.165, 1.54) is 52.1 Å². The van der Waals surface area contributed by atoms with Gasteiger partial charge in [-0.2, -0.15) is 9.83 Å². The van der Waals surface area contributed by atoms with Crippen molar-refractivity contribution >= 4 is 12.1 Å². The van der Waals surface area contributed by atoms with Gasteiger partial charge < -0.3 is 19.4 Å². The van der Waals surface area contributed by atoms with Crippen molar-refractivity contribution < 1.29 is 23.7 Å². The smallest absolute Gasteiger partial charge is 0.271 e. The number of hydrogen-bond donors (Lipinski definition) is 1. The largest absolute Gasteiger partial charge is 0.619 e. The normalized spacial score (nSPS) is 10.5. The number of nitrogens with one attached hydrogen (secondary N) is 1. The van der Waals surface area contributed by atoms with Gasteiger partial charge in [-0.15, -0.1) is 0 Å². The van der Waals surface area contributed by atoms with Crippen LogP contribution < -0.4 is 24.4 Å². The summed E-state index contributed by atoms with van der Waals surface area (Å²) >= 11 is 0. The molecule has 0 saturated carbocycles. The minimum Gasteiger partial charge on any atom is -0.619 e. The predicted octanol–water partition coefficient (Wildman–Crippen LogP) is 1.11. The van der Waals surface area contributed by atoms with Gasteiger partial charge in [0.25, 0.3) is 5.91 Å². The summed E-state index contributed by atoms with van der Waals surface area (Å²) in [6.45, 7) is 0. The molecule has 24 heavy (non-hydrogen) atoms. The van der Waals surface area contributed by atoms with E-state index >= 15 is 0 Å². The van der Waals surface area contributed by atoms with Crippen LogP contribution in [0.15, 0.2) is 41.8 Å². The van der Waals surface area contributed by atoms with Crippen LogP contribution in [0, 0.1) is 5.21 Å². The molecule has 0 spiro atoms. The van der Waals surface area contributed by atoms with E-state index in [0.717, 1.165) is 0 Å². The summed E-state index contributed by atoms with van der Waals surface area (Å²) in [4.78, 5) is 11.9. The number of carbonyl (C=O) groups excluding carboxylic acids is 1. The Labute approximate surface area is 138 Å². The van der Waals surface area contributed by atoms with E-state index in [9.17, 15) is 10.0 Å². The maximum absolute atomic E-state index is 11.9. The van der Waals surface area contributed by atoms with Crippen LogP contribution in [-0.4, -0.2) is 33.5 Å². The Morgan fingerprint density at radius 1 is 1.12 bits per heavy atom. The zero-order valence-corrected chi connectivity index (χ0v) is 13.5. The summed E-state index contributed by atoms with van der Waals surface area (Å²) in [6.07, 6.45) is 3.91. The zero-order valence-electron chi connectivity index (χ0n) is 13.5. The topological polar surface area (TPSA) is 96.1 Å². The van der Waals surface area contributed by atoms with Gasteiger partial charge in [-0.1, -0.05) is 0 Å². The van der Waals surface area contributed by atoms with Crippen LogP contribution in [0.2, 0.25) is 0 Å². The SMILES string of the molecule is COc1cc(/C=N/NC(=O)c2cc[n+]([O-])cc2)cc(OC)c1OC. The van der Waals surface area contributed by atoms with Crippen molar-refractivity contribution in [2.75, 3.05) is 21.3 Å². The maximum atomic E-state index is 11.9. The number of carbonyl (C=O) groups is 1. The van der Waals surface area contributed by atoms with Crippen molar-refractivity contribution in [3.05, 3.63) is 53.0 Å². The van der Waals surface area contributed by atoms with Gasteiger partial charge >= 0.3 is 0 Å². The Hall–Kier alpha value is -3.29. The number of hydrazone groups is 1. The van der Waals surface area contributed by atoms with E-state index in [2.05, 4.69) is 10.5 Å². The monoisotopic (exact) mass is 331 g/mol. The first kappa shape index (κ1) is 17.1. The second-order valence-electron chi connectivity index (χ2n) is 4.60. The first-order chi connectivity index (χ1) is 11.6. The van der Waals surface area contributed by atoms with Crippen molar-refractivity contribution in [3.8, 4) is 17.2 Å². The predicted molar refractivity (Wildman–Crippen MR) is 86.6 cm³/mol. The lowest BCUT2D eigenvalue weighted by atomic mass is 10.2. The van der Waals surface area contributed by atoms with E-state index in [1.807, 2.05) is 0 Å². The highest BCUT2D eigenvalue weighted by atomic mass is 16.5. The van der Waals surface area contributed by atoms with E-state index < -0.39 is 5.91 Å². The fourth-order valence-corrected chi connectivity index (χ4v) is 1.97. The second kappa shape index (κ2) is 7.82. The molecule has 0 saturated heterocycles.